The van der Waals surface area contributed by atoms with E-state index in [1.807, 2.05) is 18.2 Å². The van der Waals surface area contributed by atoms with E-state index in [2.05, 4.69) is 26.1 Å². The van der Waals surface area contributed by atoms with Gasteiger partial charge in [0.15, 0.2) is 5.65 Å². The highest BCUT2D eigenvalue weighted by atomic mass is 15.3. The molecule has 2 aromatic rings. The van der Waals surface area contributed by atoms with Gasteiger partial charge in [0.2, 0.25) is 0 Å². The van der Waals surface area contributed by atoms with E-state index < -0.39 is 0 Å². The van der Waals surface area contributed by atoms with E-state index in [0.717, 1.165) is 11.5 Å². The van der Waals surface area contributed by atoms with Gasteiger partial charge in [0, 0.05) is 24.2 Å². The maximum absolute atomic E-state index is 4.37. The van der Waals surface area contributed by atoms with E-state index in [1.165, 1.54) is 19.3 Å². The minimum Gasteiger partial charge on any atom is -0.310 e. The average molecular weight is 214 g/mol. The first-order valence-corrected chi connectivity index (χ1v) is 5.97. The Labute approximate surface area is 93.7 Å². The summed E-state index contributed by atoms with van der Waals surface area (Å²) in [6, 6.07) is 7.40. The molecule has 0 aromatic carbocycles. The van der Waals surface area contributed by atoms with Crippen molar-refractivity contribution in [3.05, 3.63) is 30.2 Å². The van der Waals surface area contributed by atoms with E-state index in [0.29, 0.717) is 18.0 Å². The zero-order valence-corrected chi connectivity index (χ0v) is 9.00. The first-order chi connectivity index (χ1) is 7.92. The SMILES string of the molecule is c1ccn2c(C3CC4CCC3N4)nnc2c1. The molecule has 2 aliphatic rings. The summed E-state index contributed by atoms with van der Waals surface area (Å²) in [5.41, 5.74) is 0.959. The topological polar surface area (TPSA) is 42.2 Å². The van der Waals surface area contributed by atoms with Crippen molar-refractivity contribution in [2.45, 2.75) is 37.3 Å². The van der Waals surface area contributed by atoms with E-state index in [9.17, 15) is 0 Å². The maximum atomic E-state index is 4.37. The quantitative estimate of drug-likeness (QED) is 0.779. The number of nitrogens with zero attached hydrogens (tertiary/aromatic N) is 3. The molecule has 0 amide bonds. The molecule has 3 atom stereocenters. The van der Waals surface area contributed by atoms with Crippen LogP contribution in [0.2, 0.25) is 0 Å². The van der Waals surface area contributed by atoms with Gasteiger partial charge in [-0.2, -0.15) is 0 Å². The van der Waals surface area contributed by atoms with Crippen LogP contribution in [0, 0.1) is 0 Å². The summed E-state index contributed by atoms with van der Waals surface area (Å²) in [5.74, 6) is 1.69. The van der Waals surface area contributed by atoms with Gasteiger partial charge in [-0.25, -0.2) is 0 Å². The summed E-state index contributed by atoms with van der Waals surface area (Å²) in [6.45, 7) is 0. The molecular formula is C12H14N4. The largest absolute Gasteiger partial charge is 0.310 e. The van der Waals surface area contributed by atoms with Gasteiger partial charge in [-0.15, -0.1) is 10.2 Å². The lowest BCUT2D eigenvalue weighted by atomic mass is 9.88. The predicted molar refractivity (Wildman–Crippen MR) is 60.3 cm³/mol. The second kappa shape index (κ2) is 3.04. The summed E-state index contributed by atoms with van der Waals surface area (Å²) >= 11 is 0. The van der Waals surface area contributed by atoms with Gasteiger partial charge in [0.25, 0.3) is 0 Å². The molecule has 2 bridgehead atoms. The van der Waals surface area contributed by atoms with E-state index >= 15 is 0 Å². The molecule has 1 N–H and O–H groups in total. The highest BCUT2D eigenvalue weighted by Crippen LogP contribution is 2.39. The van der Waals surface area contributed by atoms with Gasteiger partial charge < -0.3 is 5.32 Å². The minimum absolute atomic E-state index is 0.552. The molecule has 0 aliphatic carbocycles. The summed E-state index contributed by atoms with van der Waals surface area (Å²) in [4.78, 5) is 0. The number of hydrogen-bond donors (Lipinski definition) is 1. The van der Waals surface area contributed by atoms with Crippen LogP contribution in [0.5, 0.6) is 0 Å². The molecule has 4 nitrogen and oxygen atoms in total. The van der Waals surface area contributed by atoms with Crippen molar-refractivity contribution in [1.82, 2.24) is 19.9 Å². The Hall–Kier alpha value is -1.42. The molecule has 4 rings (SSSR count). The monoisotopic (exact) mass is 214 g/mol. The Bertz CT molecular complexity index is 533. The van der Waals surface area contributed by atoms with Crippen molar-refractivity contribution in [2.75, 3.05) is 0 Å². The standard InChI is InChI=1S/C12H14N4/c1-2-6-16-11(3-1)14-15-12(16)9-7-8-4-5-10(9)13-8/h1-3,6,8-10,13H,4-5,7H2. The van der Waals surface area contributed by atoms with Crippen LogP contribution in [0.15, 0.2) is 24.4 Å². The predicted octanol–water partition coefficient (Wildman–Crippen LogP) is 1.34. The van der Waals surface area contributed by atoms with Crippen molar-refractivity contribution in [3.8, 4) is 0 Å². The molecule has 4 heterocycles. The van der Waals surface area contributed by atoms with Crippen LogP contribution in [-0.4, -0.2) is 26.7 Å². The number of hydrogen-bond acceptors (Lipinski definition) is 3. The van der Waals surface area contributed by atoms with Gasteiger partial charge in [-0.1, -0.05) is 6.07 Å². The maximum Gasteiger partial charge on any atom is 0.160 e. The van der Waals surface area contributed by atoms with Crippen molar-refractivity contribution in [2.24, 2.45) is 0 Å². The summed E-state index contributed by atoms with van der Waals surface area (Å²) < 4.78 is 2.13. The van der Waals surface area contributed by atoms with Gasteiger partial charge >= 0.3 is 0 Å². The van der Waals surface area contributed by atoms with Crippen molar-refractivity contribution in [3.63, 3.8) is 0 Å². The third kappa shape index (κ3) is 1.08. The minimum atomic E-state index is 0.552. The number of aromatic nitrogens is 3. The normalized spacial score (nSPS) is 32.6. The van der Waals surface area contributed by atoms with Crippen LogP contribution >= 0.6 is 0 Å². The van der Waals surface area contributed by atoms with Crippen molar-refractivity contribution < 1.29 is 0 Å². The van der Waals surface area contributed by atoms with E-state index in [1.54, 1.807) is 0 Å². The van der Waals surface area contributed by atoms with Gasteiger partial charge in [-0.3, -0.25) is 4.40 Å². The van der Waals surface area contributed by atoms with Crippen LogP contribution < -0.4 is 5.32 Å². The fourth-order valence-corrected chi connectivity index (χ4v) is 3.22. The summed E-state index contributed by atoms with van der Waals surface area (Å²) in [5, 5.41) is 12.3. The molecule has 0 radical (unpaired) electrons. The number of nitrogens with one attached hydrogen (secondary N) is 1. The van der Waals surface area contributed by atoms with Gasteiger partial charge in [0.1, 0.15) is 5.82 Å². The second-order valence-corrected chi connectivity index (χ2v) is 4.88. The Morgan fingerprint density at radius 1 is 1.25 bits per heavy atom. The molecule has 82 valence electrons. The average Bonchev–Trinajstić information content (AvgIpc) is 3.03. The Balaban J connectivity index is 1.82. The van der Waals surface area contributed by atoms with Crippen LogP contribution in [-0.2, 0) is 0 Å². The molecule has 16 heavy (non-hydrogen) atoms. The Morgan fingerprint density at radius 3 is 3.06 bits per heavy atom. The zero-order valence-electron chi connectivity index (χ0n) is 9.00. The third-order valence-corrected chi connectivity index (χ3v) is 3.97. The molecular weight excluding hydrogens is 200 g/mol. The lowest BCUT2D eigenvalue weighted by Crippen LogP contribution is -2.22. The molecule has 0 saturated carbocycles. The van der Waals surface area contributed by atoms with Crippen LogP contribution in [0.25, 0.3) is 5.65 Å². The van der Waals surface area contributed by atoms with Crippen LogP contribution in [0.4, 0.5) is 0 Å². The first-order valence-electron chi connectivity index (χ1n) is 5.97. The molecule has 2 fully saturated rings. The lowest BCUT2D eigenvalue weighted by molar-refractivity contribution is 0.483. The van der Waals surface area contributed by atoms with Crippen molar-refractivity contribution >= 4 is 5.65 Å². The number of pyridine rings is 1. The number of fused-ring (bicyclic) bond motifs is 3. The Kier molecular flexibility index (Phi) is 1.65. The molecule has 2 aromatic heterocycles. The summed E-state index contributed by atoms with van der Waals surface area (Å²) in [7, 11) is 0. The highest BCUT2D eigenvalue weighted by molar-refractivity contribution is 5.38. The molecule has 4 heteroatoms. The number of rotatable bonds is 1. The summed E-state index contributed by atoms with van der Waals surface area (Å²) in [6.07, 6.45) is 5.91. The van der Waals surface area contributed by atoms with E-state index in [4.69, 9.17) is 0 Å². The Morgan fingerprint density at radius 2 is 2.25 bits per heavy atom. The first kappa shape index (κ1) is 8.70. The molecule has 2 saturated heterocycles. The fourth-order valence-electron chi connectivity index (χ4n) is 3.22. The highest BCUT2D eigenvalue weighted by Gasteiger charge is 2.41. The fraction of sp³-hybridized carbons (Fsp3) is 0.500. The molecule has 0 spiro atoms. The van der Waals surface area contributed by atoms with Crippen LogP contribution in [0.1, 0.15) is 31.0 Å². The second-order valence-electron chi connectivity index (χ2n) is 4.88. The van der Waals surface area contributed by atoms with Crippen molar-refractivity contribution in [1.29, 1.82) is 0 Å². The molecule has 3 unspecified atom stereocenters. The smallest absolute Gasteiger partial charge is 0.160 e. The van der Waals surface area contributed by atoms with Gasteiger partial charge in [0.05, 0.1) is 0 Å². The lowest BCUT2D eigenvalue weighted by Gasteiger charge is -2.17. The van der Waals surface area contributed by atoms with E-state index in [-0.39, 0.29) is 0 Å². The zero-order chi connectivity index (χ0) is 10.5. The molecule has 2 aliphatic heterocycles. The van der Waals surface area contributed by atoms with Crippen LogP contribution in [0.3, 0.4) is 0 Å². The van der Waals surface area contributed by atoms with Gasteiger partial charge in [-0.05, 0) is 31.4 Å². The third-order valence-electron chi connectivity index (χ3n) is 3.97.